The van der Waals surface area contributed by atoms with Crippen molar-refractivity contribution in [2.75, 3.05) is 31.3 Å². The first-order valence-electron chi connectivity index (χ1n) is 15.5. The number of aromatic nitrogens is 2. The van der Waals surface area contributed by atoms with Gasteiger partial charge < -0.3 is 24.1 Å². The molecule has 0 spiro atoms. The summed E-state index contributed by atoms with van der Waals surface area (Å²) in [4.78, 5) is 29.0. The average molecular weight is 682 g/mol. The molecule has 12 heteroatoms. The monoisotopic (exact) mass is 681 g/mol. The molecule has 10 nitrogen and oxygen atoms in total. The van der Waals surface area contributed by atoms with Crippen molar-refractivity contribution in [1.29, 1.82) is 0 Å². The van der Waals surface area contributed by atoms with Gasteiger partial charge in [0, 0.05) is 11.3 Å². The average Bonchev–Trinajstić information content (AvgIpc) is 3.69. The highest BCUT2D eigenvalue weighted by molar-refractivity contribution is 8.00. The topological polar surface area (TPSA) is 120 Å². The van der Waals surface area contributed by atoms with Gasteiger partial charge in [-0.25, -0.2) is 0 Å². The fourth-order valence-electron chi connectivity index (χ4n) is 5.85. The molecule has 1 atom stereocenters. The van der Waals surface area contributed by atoms with Crippen molar-refractivity contribution in [3.63, 3.8) is 0 Å². The summed E-state index contributed by atoms with van der Waals surface area (Å²) in [5.41, 5.74) is 1.89. The van der Waals surface area contributed by atoms with E-state index in [0.717, 1.165) is 16.3 Å². The maximum atomic E-state index is 13.8. The van der Waals surface area contributed by atoms with Crippen molar-refractivity contribution in [2.45, 2.75) is 30.0 Å². The van der Waals surface area contributed by atoms with E-state index in [1.165, 1.54) is 28.0 Å². The van der Waals surface area contributed by atoms with E-state index in [4.69, 9.17) is 18.9 Å². The maximum absolute atomic E-state index is 13.8. The summed E-state index contributed by atoms with van der Waals surface area (Å²) in [5.74, 6) is 0.559. The zero-order valence-corrected chi connectivity index (χ0v) is 27.8. The Kier molecular flexibility index (Phi) is 8.92. The zero-order valence-electron chi connectivity index (χ0n) is 26.2. The molecule has 3 heterocycles. The molecule has 0 saturated carbocycles. The second-order valence-corrected chi connectivity index (χ2v) is 13.1. The van der Waals surface area contributed by atoms with Crippen LogP contribution in [0.25, 0.3) is 16.5 Å². The number of hydrogen-bond acceptors (Lipinski definition) is 11. The predicted octanol–water partition coefficient (Wildman–Crippen LogP) is 7.18. The van der Waals surface area contributed by atoms with E-state index in [0.29, 0.717) is 70.6 Å². The lowest BCUT2D eigenvalue weighted by Crippen LogP contribution is -2.29. The zero-order chi connectivity index (χ0) is 33.2. The van der Waals surface area contributed by atoms with Crippen LogP contribution in [0.1, 0.15) is 36.6 Å². The third-order valence-corrected chi connectivity index (χ3v) is 10.1. The van der Waals surface area contributed by atoms with Gasteiger partial charge in [-0.2, -0.15) is 0 Å². The standard InChI is InChI=1S/C36H31N3O7S2/c1-3-43-26-14-12-22(18-28(26)44-4-2)31-30(32(40)23-13-15-27-29(19-23)46-17-16-45-27)33(41)34(42)39(31)35-37-38-36(48-35)47-20-24-10-7-9-21-8-5-6-11-25(21)24/h5-15,18-19,31,40H,3-4,16-17,20H2,1-2H3. The summed E-state index contributed by atoms with van der Waals surface area (Å²) in [6.45, 7) is 5.28. The van der Waals surface area contributed by atoms with Crippen LogP contribution in [0.5, 0.6) is 23.0 Å². The number of nitrogens with zero attached hydrogens (tertiary/aromatic N) is 3. The lowest BCUT2D eigenvalue weighted by molar-refractivity contribution is -0.132. The minimum atomic E-state index is -1.03. The number of benzene rings is 4. The molecule has 0 aliphatic carbocycles. The Bertz CT molecular complexity index is 2060. The number of aliphatic hydroxyl groups is 1. The van der Waals surface area contributed by atoms with E-state index >= 15 is 0 Å². The Morgan fingerprint density at radius 2 is 1.69 bits per heavy atom. The van der Waals surface area contributed by atoms with Gasteiger partial charge in [-0.05, 0) is 66.1 Å². The third-order valence-electron chi connectivity index (χ3n) is 7.98. The van der Waals surface area contributed by atoms with Crippen LogP contribution >= 0.6 is 23.1 Å². The smallest absolute Gasteiger partial charge is 0.301 e. The van der Waals surface area contributed by atoms with Gasteiger partial charge in [0.1, 0.15) is 19.0 Å². The number of thioether (sulfide) groups is 1. The van der Waals surface area contributed by atoms with Gasteiger partial charge in [0.05, 0.1) is 24.8 Å². The van der Waals surface area contributed by atoms with Crippen LogP contribution in [0.4, 0.5) is 5.13 Å². The van der Waals surface area contributed by atoms with Gasteiger partial charge in [-0.15, -0.1) is 10.2 Å². The molecule has 1 N–H and O–H groups in total. The van der Waals surface area contributed by atoms with E-state index < -0.39 is 17.7 Å². The van der Waals surface area contributed by atoms with Gasteiger partial charge in [-0.1, -0.05) is 71.6 Å². The minimum absolute atomic E-state index is 0.0940. The summed E-state index contributed by atoms with van der Waals surface area (Å²) in [5, 5.41) is 23.0. The van der Waals surface area contributed by atoms with Crippen LogP contribution in [0.2, 0.25) is 0 Å². The van der Waals surface area contributed by atoms with Crippen LogP contribution < -0.4 is 23.8 Å². The van der Waals surface area contributed by atoms with E-state index in [1.54, 1.807) is 36.4 Å². The number of ketones is 1. The highest BCUT2D eigenvalue weighted by atomic mass is 32.2. The number of fused-ring (bicyclic) bond motifs is 2. The van der Waals surface area contributed by atoms with E-state index in [1.807, 2.05) is 32.0 Å². The van der Waals surface area contributed by atoms with Crippen molar-refractivity contribution in [3.8, 4) is 23.0 Å². The molecule has 2 aliphatic rings. The first-order valence-corrected chi connectivity index (χ1v) is 17.3. The van der Waals surface area contributed by atoms with Crippen LogP contribution in [0.3, 0.4) is 0 Å². The highest BCUT2D eigenvalue weighted by Crippen LogP contribution is 2.46. The Labute approximate surface area is 284 Å². The second-order valence-electron chi connectivity index (χ2n) is 10.9. The van der Waals surface area contributed by atoms with E-state index in [-0.39, 0.29) is 16.5 Å². The molecule has 1 unspecified atom stereocenters. The molecule has 244 valence electrons. The van der Waals surface area contributed by atoms with Gasteiger partial charge in [-0.3, -0.25) is 14.5 Å². The number of hydrogen-bond donors (Lipinski definition) is 1. The van der Waals surface area contributed by atoms with Crippen molar-refractivity contribution in [2.24, 2.45) is 0 Å². The molecular formula is C36H31N3O7S2. The van der Waals surface area contributed by atoms with Gasteiger partial charge >= 0.3 is 5.91 Å². The quantitative estimate of drug-likeness (QED) is 0.0534. The van der Waals surface area contributed by atoms with Crippen molar-refractivity contribution >= 4 is 56.5 Å². The van der Waals surface area contributed by atoms with E-state index in [2.05, 4.69) is 34.5 Å². The Balaban J connectivity index is 1.29. The number of carbonyl (C=O) groups excluding carboxylic acids is 2. The summed E-state index contributed by atoms with van der Waals surface area (Å²) in [7, 11) is 0. The fraction of sp³-hybridized carbons (Fsp3) is 0.222. The maximum Gasteiger partial charge on any atom is 0.301 e. The molecule has 1 amide bonds. The first kappa shape index (κ1) is 31.5. The highest BCUT2D eigenvalue weighted by Gasteiger charge is 2.48. The predicted molar refractivity (Wildman–Crippen MR) is 184 cm³/mol. The lowest BCUT2D eigenvalue weighted by atomic mass is 9.95. The minimum Gasteiger partial charge on any atom is -0.507 e. The largest absolute Gasteiger partial charge is 0.507 e. The molecule has 0 radical (unpaired) electrons. The molecule has 0 bridgehead atoms. The number of aliphatic hydroxyl groups excluding tert-OH is 1. The molecule has 1 aromatic heterocycles. The van der Waals surface area contributed by atoms with Crippen LogP contribution in [-0.4, -0.2) is 53.4 Å². The number of Topliss-reactive ketones (excluding diaryl/α,β-unsaturated/α-hetero) is 1. The third kappa shape index (κ3) is 5.93. The molecular weight excluding hydrogens is 651 g/mol. The second kappa shape index (κ2) is 13.6. The molecule has 1 fully saturated rings. The van der Waals surface area contributed by atoms with Crippen molar-refractivity contribution < 1.29 is 33.6 Å². The summed E-state index contributed by atoms with van der Waals surface area (Å²) in [6, 6.07) is 23.5. The number of carbonyl (C=O) groups is 2. The van der Waals surface area contributed by atoms with Gasteiger partial charge in [0.15, 0.2) is 27.3 Å². The molecule has 4 aromatic carbocycles. The molecule has 48 heavy (non-hydrogen) atoms. The Morgan fingerprint density at radius 3 is 2.52 bits per heavy atom. The molecule has 5 aromatic rings. The van der Waals surface area contributed by atoms with Gasteiger partial charge in [0.25, 0.3) is 5.78 Å². The Morgan fingerprint density at radius 1 is 0.917 bits per heavy atom. The summed E-state index contributed by atoms with van der Waals surface area (Å²) in [6.07, 6.45) is 0. The number of ether oxygens (including phenoxy) is 4. The van der Waals surface area contributed by atoms with E-state index in [9.17, 15) is 14.7 Å². The Hall–Kier alpha value is -5.07. The number of amides is 1. The SMILES string of the molecule is CCOc1ccc(C2C(=C(O)c3ccc4c(c3)OCCO4)C(=O)C(=O)N2c2nnc(SCc3cccc4ccccc34)s2)cc1OCC. The van der Waals surface area contributed by atoms with Gasteiger partial charge in [0.2, 0.25) is 5.13 Å². The van der Waals surface area contributed by atoms with Crippen molar-refractivity contribution in [3.05, 3.63) is 101 Å². The van der Waals surface area contributed by atoms with Crippen molar-refractivity contribution in [1.82, 2.24) is 10.2 Å². The fourth-order valence-corrected chi connectivity index (χ4v) is 7.72. The van der Waals surface area contributed by atoms with Crippen LogP contribution in [0, 0.1) is 0 Å². The van der Waals surface area contributed by atoms with Crippen LogP contribution in [-0.2, 0) is 15.3 Å². The molecule has 2 aliphatic heterocycles. The summed E-state index contributed by atoms with van der Waals surface area (Å²) < 4.78 is 23.6. The molecule has 1 saturated heterocycles. The normalized spacial score (nSPS) is 16.8. The lowest BCUT2D eigenvalue weighted by Gasteiger charge is -2.24. The van der Waals surface area contributed by atoms with Crippen LogP contribution in [0.15, 0.2) is 88.8 Å². The number of rotatable bonds is 10. The first-order chi connectivity index (χ1) is 23.5. The molecule has 7 rings (SSSR count). The number of anilines is 1. The summed E-state index contributed by atoms with van der Waals surface area (Å²) >= 11 is 2.71.